The summed E-state index contributed by atoms with van der Waals surface area (Å²) in [7, 11) is 0. The lowest BCUT2D eigenvalue weighted by Gasteiger charge is -2.61. The van der Waals surface area contributed by atoms with Crippen molar-refractivity contribution >= 4 is 0 Å². The fraction of sp³-hybridized carbons (Fsp3) is 1.00. The Kier molecular flexibility index (Phi) is 7.52. The second-order valence-corrected chi connectivity index (χ2v) is 13.7. The molecule has 0 unspecified atom stereocenters. The lowest BCUT2D eigenvalue weighted by Crippen LogP contribution is -2.53. The van der Waals surface area contributed by atoms with Crippen molar-refractivity contribution in [1.82, 2.24) is 0 Å². The number of hydrogen-bond acceptors (Lipinski definition) is 1. The Hall–Kier alpha value is -0.0400. The molecule has 1 nitrogen and oxygen atoms in total. The molecule has 180 valence electrons. The molecule has 0 spiro atoms. The Morgan fingerprint density at radius 2 is 1.55 bits per heavy atom. The molecule has 9 atom stereocenters. The van der Waals surface area contributed by atoms with Crippen LogP contribution in [0.15, 0.2) is 0 Å². The van der Waals surface area contributed by atoms with E-state index in [4.69, 9.17) is 0 Å². The smallest absolute Gasteiger partial charge is 0.0431 e. The largest absolute Gasteiger partial charge is 0.396 e. The Balaban J connectivity index is 1.41. The van der Waals surface area contributed by atoms with E-state index in [1.165, 1.54) is 83.5 Å². The van der Waals surface area contributed by atoms with Crippen LogP contribution in [0.1, 0.15) is 125 Å². The summed E-state index contributed by atoms with van der Waals surface area (Å²) in [5.41, 5.74) is 1.26. The zero-order chi connectivity index (χ0) is 22.2. The Morgan fingerprint density at radius 1 is 0.806 bits per heavy atom. The van der Waals surface area contributed by atoms with Crippen LogP contribution in [-0.4, -0.2) is 11.7 Å². The molecule has 1 heteroatoms. The van der Waals surface area contributed by atoms with Gasteiger partial charge < -0.3 is 5.11 Å². The minimum Gasteiger partial charge on any atom is -0.396 e. The quantitative estimate of drug-likeness (QED) is 0.409. The van der Waals surface area contributed by atoms with Gasteiger partial charge in [0.05, 0.1) is 0 Å². The van der Waals surface area contributed by atoms with Crippen LogP contribution in [-0.2, 0) is 0 Å². The Morgan fingerprint density at radius 3 is 2.29 bits per heavy atom. The van der Waals surface area contributed by atoms with E-state index in [0.717, 1.165) is 53.8 Å². The van der Waals surface area contributed by atoms with Gasteiger partial charge in [0.25, 0.3) is 0 Å². The minimum absolute atomic E-state index is 0.389. The van der Waals surface area contributed by atoms with E-state index in [1.807, 2.05) is 0 Å². The zero-order valence-corrected chi connectivity index (χ0v) is 21.7. The van der Waals surface area contributed by atoms with Gasteiger partial charge in [-0.05, 0) is 129 Å². The average Bonchev–Trinajstić information content (AvgIpc) is 3.09. The summed E-state index contributed by atoms with van der Waals surface area (Å²) < 4.78 is 0. The van der Waals surface area contributed by atoms with Gasteiger partial charge in [-0.2, -0.15) is 0 Å². The summed E-state index contributed by atoms with van der Waals surface area (Å²) in [5.74, 6) is 7.73. The summed E-state index contributed by atoms with van der Waals surface area (Å²) in [6.07, 6.45) is 20.2. The molecule has 31 heavy (non-hydrogen) atoms. The molecule has 0 aromatic heterocycles. The van der Waals surface area contributed by atoms with Crippen molar-refractivity contribution in [3.63, 3.8) is 0 Å². The molecular weight excluding hydrogens is 376 g/mol. The van der Waals surface area contributed by atoms with Crippen molar-refractivity contribution < 1.29 is 5.11 Å². The highest BCUT2D eigenvalue weighted by Gasteiger charge is 2.60. The summed E-state index contributed by atoms with van der Waals surface area (Å²) in [6.45, 7) is 13.2. The Labute approximate surface area is 194 Å². The van der Waals surface area contributed by atoms with E-state index in [2.05, 4.69) is 34.6 Å². The van der Waals surface area contributed by atoms with E-state index in [0.29, 0.717) is 17.4 Å². The van der Waals surface area contributed by atoms with Gasteiger partial charge in [-0.1, -0.05) is 53.9 Å². The van der Waals surface area contributed by atoms with Crippen LogP contribution in [0.4, 0.5) is 0 Å². The number of aliphatic hydroxyl groups excluding tert-OH is 1. The normalized spacial score (nSPS) is 45.8. The highest BCUT2D eigenvalue weighted by molar-refractivity contribution is 5.09. The van der Waals surface area contributed by atoms with Crippen LogP contribution in [0.5, 0.6) is 0 Å². The molecule has 0 aromatic carbocycles. The van der Waals surface area contributed by atoms with Crippen LogP contribution in [0.3, 0.4) is 0 Å². The average molecular weight is 431 g/mol. The second-order valence-electron chi connectivity index (χ2n) is 13.7. The van der Waals surface area contributed by atoms with E-state index in [-0.39, 0.29) is 0 Å². The van der Waals surface area contributed by atoms with Crippen molar-refractivity contribution in [2.24, 2.45) is 58.2 Å². The summed E-state index contributed by atoms with van der Waals surface area (Å²) in [4.78, 5) is 0. The van der Waals surface area contributed by atoms with Gasteiger partial charge in [-0.25, -0.2) is 0 Å². The minimum atomic E-state index is 0.389. The van der Waals surface area contributed by atoms with Crippen LogP contribution in [0.2, 0.25) is 0 Å². The van der Waals surface area contributed by atoms with Crippen LogP contribution >= 0.6 is 0 Å². The van der Waals surface area contributed by atoms with Crippen LogP contribution < -0.4 is 0 Å². The standard InChI is InChI=1S/C30H54O/c1-21(2)8-6-9-22(3)26-13-14-27-25-12-11-24-20-23(10-7-19-31)15-17-29(24,4)28(25)16-18-30(26,27)5/h21-28,31H,6-20H2,1-5H3/t22-,23-,24+,25+,26-,27+,28+,29+,30-/m1/s1. The maximum absolute atomic E-state index is 9.28. The first-order valence-electron chi connectivity index (χ1n) is 14.4. The van der Waals surface area contributed by atoms with Gasteiger partial charge in [0.1, 0.15) is 0 Å². The predicted molar refractivity (Wildman–Crippen MR) is 133 cm³/mol. The third-order valence-electron chi connectivity index (χ3n) is 11.7. The summed E-state index contributed by atoms with van der Waals surface area (Å²) in [6, 6.07) is 0. The fourth-order valence-electron chi connectivity index (χ4n) is 10.0. The first kappa shape index (κ1) is 24.1. The first-order chi connectivity index (χ1) is 14.8. The molecule has 0 aliphatic heterocycles. The molecule has 0 bridgehead atoms. The van der Waals surface area contributed by atoms with Gasteiger partial charge in [0, 0.05) is 6.61 Å². The van der Waals surface area contributed by atoms with Crippen molar-refractivity contribution in [2.75, 3.05) is 6.61 Å². The first-order valence-corrected chi connectivity index (χ1v) is 14.4. The molecule has 4 saturated carbocycles. The molecule has 0 aromatic rings. The maximum atomic E-state index is 9.28. The van der Waals surface area contributed by atoms with Crippen LogP contribution in [0.25, 0.3) is 0 Å². The lowest BCUT2D eigenvalue weighted by molar-refractivity contribution is -0.121. The van der Waals surface area contributed by atoms with Crippen molar-refractivity contribution in [3.05, 3.63) is 0 Å². The van der Waals surface area contributed by atoms with Gasteiger partial charge in [-0.3, -0.25) is 0 Å². The predicted octanol–water partition coefficient (Wildman–Crippen LogP) is 8.50. The third-order valence-corrected chi connectivity index (χ3v) is 11.7. The van der Waals surface area contributed by atoms with E-state index in [1.54, 1.807) is 0 Å². The highest BCUT2D eigenvalue weighted by atomic mass is 16.2. The molecule has 4 aliphatic carbocycles. The number of fused-ring (bicyclic) bond motifs is 5. The van der Waals surface area contributed by atoms with E-state index < -0.39 is 0 Å². The topological polar surface area (TPSA) is 20.2 Å². The van der Waals surface area contributed by atoms with Crippen molar-refractivity contribution in [3.8, 4) is 0 Å². The SMILES string of the molecule is CC(C)CCC[C@@H](C)[C@H]1CC[C@H]2[C@@H]3CC[C@H]4C[C@H](CCCO)CC[C@]4(C)[C@H]3CC[C@]12C. The fourth-order valence-corrected chi connectivity index (χ4v) is 10.0. The zero-order valence-electron chi connectivity index (χ0n) is 21.7. The molecule has 0 amide bonds. The number of rotatable bonds is 8. The number of aliphatic hydroxyl groups is 1. The van der Waals surface area contributed by atoms with Gasteiger partial charge in [-0.15, -0.1) is 0 Å². The summed E-state index contributed by atoms with van der Waals surface area (Å²) in [5, 5.41) is 9.28. The maximum Gasteiger partial charge on any atom is 0.0431 e. The highest BCUT2D eigenvalue weighted by Crippen LogP contribution is 2.68. The van der Waals surface area contributed by atoms with Crippen molar-refractivity contribution in [1.29, 1.82) is 0 Å². The monoisotopic (exact) mass is 430 g/mol. The molecule has 4 rings (SSSR count). The van der Waals surface area contributed by atoms with Crippen LogP contribution in [0, 0.1) is 58.2 Å². The Bertz CT molecular complexity index is 583. The van der Waals surface area contributed by atoms with E-state index in [9.17, 15) is 5.11 Å². The molecule has 4 aliphatic rings. The van der Waals surface area contributed by atoms with Gasteiger partial charge >= 0.3 is 0 Å². The second kappa shape index (κ2) is 9.68. The van der Waals surface area contributed by atoms with Gasteiger partial charge in [0.15, 0.2) is 0 Å². The van der Waals surface area contributed by atoms with E-state index >= 15 is 0 Å². The molecule has 0 radical (unpaired) electrons. The molecule has 1 N–H and O–H groups in total. The van der Waals surface area contributed by atoms with Gasteiger partial charge in [0.2, 0.25) is 0 Å². The third kappa shape index (κ3) is 4.52. The molecule has 0 saturated heterocycles. The summed E-state index contributed by atoms with van der Waals surface area (Å²) >= 11 is 0. The lowest BCUT2D eigenvalue weighted by atomic mass is 9.44. The molecular formula is C30H54O. The number of hydrogen-bond donors (Lipinski definition) is 1. The van der Waals surface area contributed by atoms with Crippen molar-refractivity contribution in [2.45, 2.75) is 125 Å². The molecule has 0 heterocycles. The molecule has 4 fully saturated rings.